The Morgan fingerprint density at radius 1 is 1.33 bits per heavy atom. The van der Waals surface area contributed by atoms with Crippen molar-refractivity contribution in [2.45, 2.75) is 6.92 Å². The van der Waals surface area contributed by atoms with Crippen molar-refractivity contribution < 1.29 is 5.11 Å². The van der Waals surface area contributed by atoms with E-state index in [2.05, 4.69) is 15.3 Å². The molecular formula is C10H10N4O. The molecule has 0 aliphatic carbocycles. The van der Waals surface area contributed by atoms with Gasteiger partial charge in [0.15, 0.2) is 0 Å². The molecule has 1 aromatic carbocycles. The SMILES string of the molecule is Cc1ccc(/C=N/n2cnnc2)c(O)c1. The summed E-state index contributed by atoms with van der Waals surface area (Å²) in [5, 5.41) is 20.8. The van der Waals surface area contributed by atoms with E-state index in [0.717, 1.165) is 5.56 Å². The minimum absolute atomic E-state index is 0.215. The monoisotopic (exact) mass is 202 g/mol. The highest BCUT2D eigenvalue weighted by Crippen LogP contribution is 2.16. The largest absolute Gasteiger partial charge is 0.507 e. The predicted octanol–water partition coefficient (Wildman–Crippen LogP) is 1.17. The van der Waals surface area contributed by atoms with Gasteiger partial charge in [-0.25, -0.2) is 4.68 Å². The van der Waals surface area contributed by atoms with Crippen LogP contribution in [0.5, 0.6) is 5.75 Å². The van der Waals surface area contributed by atoms with E-state index in [0.29, 0.717) is 5.56 Å². The van der Waals surface area contributed by atoms with E-state index in [1.165, 1.54) is 17.3 Å². The molecule has 1 N–H and O–H groups in total. The predicted molar refractivity (Wildman–Crippen MR) is 55.9 cm³/mol. The van der Waals surface area contributed by atoms with Gasteiger partial charge < -0.3 is 5.11 Å². The van der Waals surface area contributed by atoms with Crippen LogP contribution < -0.4 is 0 Å². The Kier molecular flexibility index (Phi) is 2.45. The van der Waals surface area contributed by atoms with Crippen molar-refractivity contribution in [1.29, 1.82) is 0 Å². The van der Waals surface area contributed by atoms with E-state index < -0.39 is 0 Å². The molecule has 0 amide bonds. The Morgan fingerprint density at radius 3 is 2.73 bits per heavy atom. The Morgan fingerprint density at radius 2 is 2.07 bits per heavy atom. The number of aromatic nitrogens is 3. The third-order valence-electron chi connectivity index (χ3n) is 1.92. The molecule has 0 saturated heterocycles. The lowest BCUT2D eigenvalue weighted by atomic mass is 10.1. The van der Waals surface area contributed by atoms with Crippen molar-refractivity contribution in [1.82, 2.24) is 14.9 Å². The number of aryl methyl sites for hydroxylation is 1. The van der Waals surface area contributed by atoms with Gasteiger partial charge in [0.1, 0.15) is 18.4 Å². The molecule has 0 spiro atoms. The summed E-state index contributed by atoms with van der Waals surface area (Å²) in [5.74, 6) is 0.215. The lowest BCUT2D eigenvalue weighted by Crippen LogP contribution is -1.88. The summed E-state index contributed by atoms with van der Waals surface area (Å²) in [5.41, 5.74) is 1.67. The van der Waals surface area contributed by atoms with Gasteiger partial charge in [0.2, 0.25) is 0 Å². The standard InChI is InChI=1S/C10H10N4O/c1-8-2-3-9(10(15)4-8)5-13-14-6-11-12-7-14/h2-7,15H,1H3/b13-5+. The summed E-state index contributed by atoms with van der Waals surface area (Å²) in [6, 6.07) is 5.40. The number of benzene rings is 1. The second-order valence-electron chi connectivity index (χ2n) is 3.15. The van der Waals surface area contributed by atoms with Gasteiger partial charge in [-0.15, -0.1) is 10.2 Å². The van der Waals surface area contributed by atoms with Crippen molar-refractivity contribution in [3.05, 3.63) is 42.0 Å². The van der Waals surface area contributed by atoms with Gasteiger partial charge in [-0.05, 0) is 24.6 Å². The zero-order valence-electron chi connectivity index (χ0n) is 8.20. The van der Waals surface area contributed by atoms with Crippen LogP contribution in [0.2, 0.25) is 0 Å². The first-order valence-corrected chi connectivity index (χ1v) is 4.44. The minimum Gasteiger partial charge on any atom is -0.507 e. The maximum Gasteiger partial charge on any atom is 0.141 e. The average molecular weight is 202 g/mol. The van der Waals surface area contributed by atoms with Crippen LogP contribution in [0.4, 0.5) is 0 Å². The highest BCUT2D eigenvalue weighted by atomic mass is 16.3. The van der Waals surface area contributed by atoms with Crippen LogP contribution in [-0.4, -0.2) is 26.2 Å². The molecule has 0 unspecified atom stereocenters. The molecule has 0 radical (unpaired) electrons. The van der Waals surface area contributed by atoms with Crippen LogP contribution in [0, 0.1) is 6.92 Å². The Balaban J connectivity index is 2.24. The molecule has 1 heterocycles. The lowest BCUT2D eigenvalue weighted by molar-refractivity contribution is 0.474. The van der Waals surface area contributed by atoms with E-state index in [1.807, 2.05) is 13.0 Å². The summed E-state index contributed by atoms with van der Waals surface area (Å²) in [6.45, 7) is 1.92. The second-order valence-corrected chi connectivity index (χ2v) is 3.15. The molecule has 76 valence electrons. The molecule has 2 aromatic rings. The quantitative estimate of drug-likeness (QED) is 0.743. The number of rotatable bonds is 2. The fourth-order valence-electron chi connectivity index (χ4n) is 1.15. The summed E-state index contributed by atoms with van der Waals surface area (Å²) >= 11 is 0. The van der Waals surface area contributed by atoms with Crippen molar-refractivity contribution in [3.63, 3.8) is 0 Å². The van der Waals surface area contributed by atoms with Gasteiger partial charge in [0, 0.05) is 5.56 Å². The summed E-state index contributed by atoms with van der Waals surface area (Å²) in [4.78, 5) is 0. The number of phenolic OH excluding ortho intramolecular Hbond substituents is 1. The molecule has 0 bridgehead atoms. The average Bonchev–Trinajstić information content (AvgIpc) is 2.69. The van der Waals surface area contributed by atoms with Crippen LogP contribution >= 0.6 is 0 Å². The second kappa shape index (κ2) is 3.91. The highest BCUT2D eigenvalue weighted by Gasteiger charge is 1.97. The number of nitrogens with zero attached hydrogens (tertiary/aromatic N) is 4. The Bertz CT molecular complexity index is 476. The van der Waals surface area contributed by atoms with E-state index in [9.17, 15) is 5.11 Å². The van der Waals surface area contributed by atoms with Gasteiger partial charge in [0.05, 0.1) is 6.21 Å². The van der Waals surface area contributed by atoms with Gasteiger partial charge in [-0.3, -0.25) is 0 Å². The molecule has 0 saturated carbocycles. The normalized spacial score (nSPS) is 11.0. The number of hydrogen-bond acceptors (Lipinski definition) is 4. The first-order chi connectivity index (χ1) is 7.25. The fraction of sp³-hybridized carbons (Fsp3) is 0.100. The van der Waals surface area contributed by atoms with Crippen molar-refractivity contribution in [2.24, 2.45) is 5.10 Å². The highest BCUT2D eigenvalue weighted by molar-refractivity contribution is 5.83. The van der Waals surface area contributed by atoms with Gasteiger partial charge in [0.25, 0.3) is 0 Å². The maximum absolute atomic E-state index is 9.59. The first-order valence-electron chi connectivity index (χ1n) is 4.44. The van der Waals surface area contributed by atoms with E-state index in [-0.39, 0.29) is 5.75 Å². The van der Waals surface area contributed by atoms with Crippen LogP contribution in [0.3, 0.4) is 0 Å². The molecule has 0 fully saturated rings. The van der Waals surface area contributed by atoms with E-state index in [1.54, 1.807) is 18.3 Å². The lowest BCUT2D eigenvalue weighted by Gasteiger charge is -1.99. The molecule has 0 aliphatic rings. The molecular weight excluding hydrogens is 192 g/mol. The zero-order valence-corrected chi connectivity index (χ0v) is 8.20. The Labute approximate surface area is 86.7 Å². The van der Waals surface area contributed by atoms with E-state index >= 15 is 0 Å². The van der Waals surface area contributed by atoms with Crippen molar-refractivity contribution in [3.8, 4) is 5.75 Å². The molecule has 5 heteroatoms. The molecule has 2 rings (SSSR count). The molecule has 5 nitrogen and oxygen atoms in total. The summed E-state index contributed by atoms with van der Waals surface area (Å²) < 4.78 is 1.46. The number of aromatic hydroxyl groups is 1. The first kappa shape index (κ1) is 9.39. The third-order valence-corrected chi connectivity index (χ3v) is 1.92. The topological polar surface area (TPSA) is 63.3 Å². The zero-order chi connectivity index (χ0) is 10.7. The molecule has 0 atom stereocenters. The summed E-state index contributed by atoms with van der Waals surface area (Å²) in [6.07, 6.45) is 4.50. The van der Waals surface area contributed by atoms with Gasteiger partial charge >= 0.3 is 0 Å². The molecule has 1 aromatic heterocycles. The number of phenols is 1. The van der Waals surface area contributed by atoms with Gasteiger partial charge in [-0.2, -0.15) is 5.10 Å². The van der Waals surface area contributed by atoms with Gasteiger partial charge in [-0.1, -0.05) is 6.07 Å². The fourth-order valence-corrected chi connectivity index (χ4v) is 1.15. The van der Waals surface area contributed by atoms with Crippen molar-refractivity contribution >= 4 is 6.21 Å². The minimum atomic E-state index is 0.215. The van der Waals surface area contributed by atoms with Crippen LogP contribution in [0.15, 0.2) is 36.0 Å². The smallest absolute Gasteiger partial charge is 0.141 e. The van der Waals surface area contributed by atoms with Crippen molar-refractivity contribution in [2.75, 3.05) is 0 Å². The van der Waals surface area contributed by atoms with Crippen LogP contribution in [0.1, 0.15) is 11.1 Å². The number of hydrogen-bond donors (Lipinski definition) is 1. The Hall–Kier alpha value is -2.17. The third kappa shape index (κ3) is 2.19. The summed E-state index contributed by atoms with van der Waals surface area (Å²) in [7, 11) is 0. The van der Waals surface area contributed by atoms with Crippen LogP contribution in [0.25, 0.3) is 0 Å². The molecule has 15 heavy (non-hydrogen) atoms. The van der Waals surface area contributed by atoms with E-state index in [4.69, 9.17) is 0 Å². The van der Waals surface area contributed by atoms with Crippen LogP contribution in [-0.2, 0) is 0 Å². The molecule has 0 aliphatic heterocycles. The maximum atomic E-state index is 9.59.